The van der Waals surface area contributed by atoms with Crippen LogP contribution >= 0.6 is 0 Å². The number of ether oxygens (including phenoxy) is 1. The van der Waals surface area contributed by atoms with Crippen LogP contribution in [0.3, 0.4) is 0 Å². The number of aliphatic carboxylic acids is 1. The fourth-order valence-electron chi connectivity index (χ4n) is 1.49. The highest BCUT2D eigenvalue weighted by Gasteiger charge is 2.17. The molecule has 0 saturated carbocycles. The van der Waals surface area contributed by atoms with Crippen LogP contribution < -0.4 is 4.74 Å². The molecule has 1 atom stereocenters. The van der Waals surface area contributed by atoms with Crippen LogP contribution in [0, 0.1) is 6.92 Å². The van der Waals surface area contributed by atoms with E-state index < -0.39 is 12.1 Å². The van der Waals surface area contributed by atoms with Gasteiger partial charge in [-0.25, -0.2) is 4.79 Å². The normalized spacial score (nSPS) is 13.2. The summed E-state index contributed by atoms with van der Waals surface area (Å²) in [6, 6.07) is 5.87. The zero-order valence-electron chi connectivity index (χ0n) is 11.1. The smallest absolute Gasteiger partial charge is 0.344 e. The van der Waals surface area contributed by atoms with Crippen LogP contribution in [0.25, 0.3) is 0 Å². The third-order valence-corrected chi connectivity index (χ3v) is 2.69. The van der Waals surface area contributed by atoms with E-state index >= 15 is 0 Å². The Labute approximate surface area is 102 Å². The van der Waals surface area contributed by atoms with Crippen molar-refractivity contribution in [1.82, 2.24) is 0 Å². The molecule has 0 aliphatic rings. The molecule has 0 heterocycles. The van der Waals surface area contributed by atoms with Gasteiger partial charge in [0.15, 0.2) is 6.10 Å². The summed E-state index contributed by atoms with van der Waals surface area (Å²) in [6.07, 6.45) is -0.825. The Morgan fingerprint density at radius 2 is 1.94 bits per heavy atom. The number of carboxylic acids is 1. The molecule has 94 valence electrons. The SMILES string of the molecule is Cc1cc(C(C)(C)C)ccc1OC(C)C(=O)O. The highest BCUT2D eigenvalue weighted by atomic mass is 16.5. The molecule has 0 spiro atoms. The molecule has 1 unspecified atom stereocenters. The van der Waals surface area contributed by atoms with E-state index in [4.69, 9.17) is 9.84 Å². The van der Waals surface area contributed by atoms with Crippen molar-refractivity contribution in [2.45, 2.75) is 46.1 Å². The van der Waals surface area contributed by atoms with Gasteiger partial charge < -0.3 is 9.84 Å². The van der Waals surface area contributed by atoms with Gasteiger partial charge in [0, 0.05) is 0 Å². The van der Waals surface area contributed by atoms with Gasteiger partial charge in [-0.3, -0.25) is 0 Å². The first-order valence-corrected chi connectivity index (χ1v) is 5.72. The fraction of sp³-hybridized carbons (Fsp3) is 0.500. The first kappa shape index (κ1) is 13.6. The van der Waals surface area contributed by atoms with E-state index in [2.05, 4.69) is 20.8 Å². The molecule has 0 aliphatic heterocycles. The van der Waals surface area contributed by atoms with Gasteiger partial charge >= 0.3 is 5.97 Å². The molecule has 3 nitrogen and oxygen atoms in total. The van der Waals surface area contributed by atoms with Gasteiger partial charge in [-0.1, -0.05) is 32.9 Å². The maximum absolute atomic E-state index is 10.7. The van der Waals surface area contributed by atoms with E-state index in [1.165, 1.54) is 12.5 Å². The maximum atomic E-state index is 10.7. The van der Waals surface area contributed by atoms with E-state index in [1.54, 1.807) is 0 Å². The van der Waals surface area contributed by atoms with Crippen molar-refractivity contribution in [3.8, 4) is 5.75 Å². The Bertz CT molecular complexity index is 416. The Balaban J connectivity index is 2.95. The molecule has 0 fully saturated rings. The van der Waals surface area contributed by atoms with Crippen LogP contribution in [0.15, 0.2) is 18.2 Å². The Hall–Kier alpha value is -1.51. The number of carboxylic acid groups (broad SMARTS) is 1. The summed E-state index contributed by atoms with van der Waals surface area (Å²) in [7, 11) is 0. The van der Waals surface area contributed by atoms with Gasteiger partial charge in [0.05, 0.1) is 0 Å². The zero-order valence-corrected chi connectivity index (χ0v) is 11.1. The molecule has 0 saturated heterocycles. The second-order valence-corrected chi connectivity index (χ2v) is 5.33. The second kappa shape index (κ2) is 4.78. The lowest BCUT2D eigenvalue weighted by atomic mass is 9.86. The van der Waals surface area contributed by atoms with E-state index in [9.17, 15) is 4.79 Å². The van der Waals surface area contributed by atoms with Crippen LogP contribution in [0.1, 0.15) is 38.8 Å². The van der Waals surface area contributed by atoms with Gasteiger partial charge in [0.1, 0.15) is 5.75 Å². The fourth-order valence-corrected chi connectivity index (χ4v) is 1.49. The molecular formula is C14H20O3. The zero-order chi connectivity index (χ0) is 13.2. The van der Waals surface area contributed by atoms with Crippen LogP contribution in [-0.2, 0) is 10.2 Å². The first-order chi connectivity index (χ1) is 7.71. The quantitative estimate of drug-likeness (QED) is 0.877. The van der Waals surface area contributed by atoms with E-state index in [0.717, 1.165) is 5.56 Å². The van der Waals surface area contributed by atoms with Crippen molar-refractivity contribution in [2.75, 3.05) is 0 Å². The molecule has 1 N–H and O–H groups in total. The van der Waals surface area contributed by atoms with Crippen LogP contribution in [0.4, 0.5) is 0 Å². The predicted octanol–water partition coefficient (Wildman–Crippen LogP) is 3.14. The predicted molar refractivity (Wildman–Crippen MR) is 67.6 cm³/mol. The molecule has 0 aromatic heterocycles. The number of aryl methyl sites for hydroxylation is 1. The van der Waals surface area contributed by atoms with Crippen molar-refractivity contribution in [2.24, 2.45) is 0 Å². The molecule has 0 aliphatic carbocycles. The average molecular weight is 236 g/mol. The highest BCUT2D eigenvalue weighted by molar-refractivity contribution is 5.72. The summed E-state index contributed by atoms with van der Waals surface area (Å²) in [5, 5.41) is 8.79. The van der Waals surface area contributed by atoms with Crippen LogP contribution in [-0.4, -0.2) is 17.2 Å². The molecule has 1 aromatic carbocycles. The van der Waals surface area contributed by atoms with Gasteiger partial charge in [0.25, 0.3) is 0 Å². The van der Waals surface area contributed by atoms with Crippen molar-refractivity contribution < 1.29 is 14.6 Å². The molecule has 3 heteroatoms. The molecule has 1 aromatic rings. The third-order valence-electron chi connectivity index (χ3n) is 2.69. The minimum atomic E-state index is -0.954. The van der Waals surface area contributed by atoms with Crippen molar-refractivity contribution >= 4 is 5.97 Å². The molecular weight excluding hydrogens is 216 g/mol. The summed E-state index contributed by atoms with van der Waals surface area (Å²) in [4.78, 5) is 10.7. The molecule has 0 amide bonds. The summed E-state index contributed by atoms with van der Waals surface area (Å²) >= 11 is 0. The Morgan fingerprint density at radius 1 is 1.35 bits per heavy atom. The summed E-state index contributed by atoms with van der Waals surface area (Å²) < 4.78 is 5.37. The molecule has 0 radical (unpaired) electrons. The Morgan fingerprint density at radius 3 is 2.35 bits per heavy atom. The monoisotopic (exact) mass is 236 g/mol. The second-order valence-electron chi connectivity index (χ2n) is 5.33. The molecule has 1 rings (SSSR count). The largest absolute Gasteiger partial charge is 0.479 e. The standard InChI is InChI=1S/C14H20O3/c1-9-8-11(14(3,4)5)6-7-12(9)17-10(2)13(15)16/h6-8,10H,1-5H3,(H,15,16). The van der Waals surface area contributed by atoms with Crippen LogP contribution in [0.5, 0.6) is 5.75 Å². The van der Waals surface area contributed by atoms with Gasteiger partial charge in [-0.2, -0.15) is 0 Å². The summed E-state index contributed by atoms with van der Waals surface area (Å²) in [6.45, 7) is 9.88. The third kappa shape index (κ3) is 3.48. The number of hydrogen-bond donors (Lipinski definition) is 1. The van der Waals surface area contributed by atoms with Gasteiger partial charge in [-0.05, 0) is 36.5 Å². The first-order valence-electron chi connectivity index (χ1n) is 5.72. The van der Waals surface area contributed by atoms with Crippen LogP contribution in [0.2, 0.25) is 0 Å². The van der Waals surface area contributed by atoms with E-state index in [-0.39, 0.29) is 5.41 Å². The van der Waals surface area contributed by atoms with E-state index in [0.29, 0.717) is 5.75 Å². The maximum Gasteiger partial charge on any atom is 0.344 e. The summed E-state index contributed by atoms with van der Waals surface area (Å²) in [5.74, 6) is -0.322. The lowest BCUT2D eigenvalue weighted by Crippen LogP contribution is -2.23. The topological polar surface area (TPSA) is 46.5 Å². The number of benzene rings is 1. The number of carbonyl (C=O) groups is 1. The molecule has 0 bridgehead atoms. The highest BCUT2D eigenvalue weighted by Crippen LogP contribution is 2.27. The van der Waals surface area contributed by atoms with Crippen molar-refractivity contribution in [1.29, 1.82) is 0 Å². The summed E-state index contributed by atoms with van der Waals surface area (Å²) in [5.41, 5.74) is 2.26. The minimum absolute atomic E-state index is 0.0850. The number of hydrogen-bond acceptors (Lipinski definition) is 2. The van der Waals surface area contributed by atoms with Gasteiger partial charge in [-0.15, -0.1) is 0 Å². The Kier molecular flexibility index (Phi) is 3.81. The van der Waals surface area contributed by atoms with Crippen molar-refractivity contribution in [3.63, 3.8) is 0 Å². The molecule has 17 heavy (non-hydrogen) atoms. The number of rotatable bonds is 3. The van der Waals surface area contributed by atoms with E-state index in [1.807, 2.05) is 25.1 Å². The lowest BCUT2D eigenvalue weighted by molar-refractivity contribution is -0.144. The lowest BCUT2D eigenvalue weighted by Gasteiger charge is -2.21. The van der Waals surface area contributed by atoms with Gasteiger partial charge in [0.2, 0.25) is 0 Å². The average Bonchev–Trinajstić information content (AvgIpc) is 2.19. The van der Waals surface area contributed by atoms with Crippen molar-refractivity contribution in [3.05, 3.63) is 29.3 Å². The minimum Gasteiger partial charge on any atom is -0.479 e.